The fourth-order valence-electron chi connectivity index (χ4n) is 2.27. The topological polar surface area (TPSA) is 29.9 Å². The summed E-state index contributed by atoms with van der Waals surface area (Å²) in [4.78, 5) is 0. The van der Waals surface area contributed by atoms with E-state index in [0.29, 0.717) is 0 Å². The van der Waals surface area contributed by atoms with Gasteiger partial charge in [0, 0.05) is 24.5 Å². The number of aromatic nitrogens is 2. The fraction of sp³-hybridized carbons (Fsp3) is 0.118. The average Bonchev–Trinajstić information content (AvgIpc) is 2.92. The molecular formula is C17H17N3. The molecule has 0 aliphatic heterocycles. The largest absolute Gasteiger partial charge is 0.379 e. The predicted molar refractivity (Wildman–Crippen MR) is 82.4 cm³/mol. The summed E-state index contributed by atoms with van der Waals surface area (Å²) in [6.07, 6.45) is 1.82. The maximum absolute atomic E-state index is 4.19. The van der Waals surface area contributed by atoms with Gasteiger partial charge < -0.3 is 5.32 Å². The van der Waals surface area contributed by atoms with Crippen molar-refractivity contribution in [2.45, 2.75) is 6.54 Å². The van der Waals surface area contributed by atoms with Crippen molar-refractivity contribution >= 4 is 5.69 Å². The SMILES string of the molecule is Cn1nccc1CNc1ccccc1-c1ccccc1. The second kappa shape index (κ2) is 5.61. The highest BCUT2D eigenvalue weighted by atomic mass is 15.3. The fourth-order valence-corrected chi connectivity index (χ4v) is 2.27. The van der Waals surface area contributed by atoms with Gasteiger partial charge in [-0.15, -0.1) is 0 Å². The number of nitrogens with one attached hydrogen (secondary N) is 1. The van der Waals surface area contributed by atoms with Crippen molar-refractivity contribution in [3.05, 3.63) is 72.6 Å². The van der Waals surface area contributed by atoms with Crippen molar-refractivity contribution in [2.24, 2.45) is 7.05 Å². The summed E-state index contributed by atoms with van der Waals surface area (Å²) in [5, 5.41) is 7.68. The zero-order valence-electron chi connectivity index (χ0n) is 11.5. The van der Waals surface area contributed by atoms with Crippen LogP contribution in [-0.2, 0) is 13.6 Å². The van der Waals surface area contributed by atoms with E-state index in [1.807, 2.05) is 30.1 Å². The highest BCUT2D eigenvalue weighted by Gasteiger charge is 2.04. The first-order valence-electron chi connectivity index (χ1n) is 6.70. The highest BCUT2D eigenvalue weighted by molar-refractivity contribution is 5.77. The van der Waals surface area contributed by atoms with Crippen LogP contribution in [0.5, 0.6) is 0 Å². The number of hydrogen-bond acceptors (Lipinski definition) is 2. The summed E-state index contributed by atoms with van der Waals surface area (Å²) < 4.78 is 1.89. The van der Waals surface area contributed by atoms with Crippen LogP contribution in [0.25, 0.3) is 11.1 Å². The molecule has 0 aliphatic rings. The summed E-state index contributed by atoms with van der Waals surface area (Å²) in [5.74, 6) is 0. The van der Waals surface area contributed by atoms with Gasteiger partial charge in [-0.1, -0.05) is 48.5 Å². The standard InChI is InChI=1S/C17H17N3/c1-20-15(11-12-19-20)13-18-17-10-6-5-9-16(17)14-7-3-2-4-8-14/h2-12,18H,13H2,1H3. The van der Waals surface area contributed by atoms with Gasteiger partial charge in [-0.05, 0) is 17.7 Å². The van der Waals surface area contributed by atoms with Crippen molar-refractivity contribution in [1.29, 1.82) is 0 Å². The Hall–Kier alpha value is -2.55. The van der Waals surface area contributed by atoms with E-state index < -0.39 is 0 Å². The molecule has 20 heavy (non-hydrogen) atoms. The summed E-state index contributed by atoms with van der Waals surface area (Å²) >= 11 is 0. The molecule has 3 aromatic rings. The normalized spacial score (nSPS) is 10.4. The van der Waals surface area contributed by atoms with E-state index in [1.165, 1.54) is 11.1 Å². The molecule has 0 bridgehead atoms. The summed E-state index contributed by atoms with van der Waals surface area (Å²) in [7, 11) is 1.96. The van der Waals surface area contributed by atoms with E-state index >= 15 is 0 Å². The van der Waals surface area contributed by atoms with Crippen LogP contribution in [0, 0.1) is 0 Å². The number of nitrogens with zero attached hydrogens (tertiary/aromatic N) is 2. The van der Waals surface area contributed by atoms with Crippen molar-refractivity contribution in [1.82, 2.24) is 9.78 Å². The van der Waals surface area contributed by atoms with E-state index in [2.05, 4.69) is 58.9 Å². The summed E-state index contributed by atoms with van der Waals surface area (Å²) in [5.41, 5.74) is 4.74. The maximum atomic E-state index is 4.19. The van der Waals surface area contributed by atoms with Crippen molar-refractivity contribution in [3.63, 3.8) is 0 Å². The van der Waals surface area contributed by atoms with Gasteiger partial charge in [0.15, 0.2) is 0 Å². The Morgan fingerprint density at radius 2 is 1.70 bits per heavy atom. The second-order valence-electron chi connectivity index (χ2n) is 4.71. The number of anilines is 1. The first-order chi connectivity index (χ1) is 9.84. The van der Waals surface area contributed by atoms with E-state index in [1.54, 1.807) is 0 Å². The molecule has 0 radical (unpaired) electrons. The lowest BCUT2D eigenvalue weighted by molar-refractivity contribution is 0.720. The molecule has 0 atom stereocenters. The van der Waals surface area contributed by atoms with Crippen molar-refractivity contribution in [2.75, 3.05) is 5.32 Å². The summed E-state index contributed by atoms with van der Waals surface area (Å²) in [6.45, 7) is 0.764. The third-order valence-corrected chi connectivity index (χ3v) is 3.39. The Balaban J connectivity index is 1.85. The van der Waals surface area contributed by atoms with Gasteiger partial charge >= 0.3 is 0 Å². The second-order valence-corrected chi connectivity index (χ2v) is 4.71. The van der Waals surface area contributed by atoms with Crippen molar-refractivity contribution in [3.8, 4) is 11.1 Å². The van der Waals surface area contributed by atoms with Gasteiger partial charge in [0.05, 0.1) is 12.2 Å². The first-order valence-corrected chi connectivity index (χ1v) is 6.70. The van der Waals surface area contributed by atoms with Gasteiger partial charge in [0.2, 0.25) is 0 Å². The van der Waals surface area contributed by atoms with Gasteiger partial charge in [-0.25, -0.2) is 0 Å². The molecule has 0 fully saturated rings. The van der Waals surface area contributed by atoms with Crippen LogP contribution < -0.4 is 5.32 Å². The van der Waals surface area contributed by atoms with Crippen LogP contribution in [0.4, 0.5) is 5.69 Å². The van der Waals surface area contributed by atoms with Crippen LogP contribution in [0.2, 0.25) is 0 Å². The minimum absolute atomic E-state index is 0.764. The minimum atomic E-state index is 0.764. The molecule has 1 aromatic heterocycles. The first kappa shape index (κ1) is 12.5. The molecule has 1 N–H and O–H groups in total. The number of hydrogen-bond donors (Lipinski definition) is 1. The third kappa shape index (κ3) is 2.57. The quantitative estimate of drug-likeness (QED) is 0.778. The lowest BCUT2D eigenvalue weighted by Gasteiger charge is -2.12. The number of aryl methyl sites for hydroxylation is 1. The molecule has 0 saturated heterocycles. The van der Waals surface area contributed by atoms with Gasteiger partial charge in [0.25, 0.3) is 0 Å². The number of rotatable bonds is 4. The van der Waals surface area contributed by atoms with Gasteiger partial charge in [0.1, 0.15) is 0 Å². The smallest absolute Gasteiger partial charge is 0.0571 e. The zero-order valence-corrected chi connectivity index (χ0v) is 11.5. The molecule has 3 heteroatoms. The Morgan fingerprint density at radius 3 is 2.45 bits per heavy atom. The van der Waals surface area contributed by atoms with Gasteiger partial charge in [-0.2, -0.15) is 5.10 Å². The molecule has 0 unspecified atom stereocenters. The molecule has 0 saturated carbocycles. The van der Waals surface area contributed by atoms with Crippen LogP contribution in [-0.4, -0.2) is 9.78 Å². The molecule has 2 aromatic carbocycles. The van der Waals surface area contributed by atoms with E-state index in [0.717, 1.165) is 17.9 Å². The number of benzene rings is 2. The van der Waals surface area contributed by atoms with E-state index in [-0.39, 0.29) is 0 Å². The molecule has 1 heterocycles. The Kier molecular flexibility index (Phi) is 3.50. The van der Waals surface area contributed by atoms with Crippen LogP contribution in [0.15, 0.2) is 66.9 Å². The van der Waals surface area contributed by atoms with Crippen LogP contribution in [0.1, 0.15) is 5.69 Å². The van der Waals surface area contributed by atoms with E-state index in [9.17, 15) is 0 Å². The Labute approximate surface area is 118 Å². The molecule has 100 valence electrons. The maximum Gasteiger partial charge on any atom is 0.0571 e. The molecule has 3 nitrogen and oxygen atoms in total. The molecule has 0 spiro atoms. The van der Waals surface area contributed by atoms with Crippen LogP contribution >= 0.6 is 0 Å². The van der Waals surface area contributed by atoms with Crippen molar-refractivity contribution < 1.29 is 0 Å². The average molecular weight is 263 g/mol. The lowest BCUT2D eigenvalue weighted by Crippen LogP contribution is -2.06. The third-order valence-electron chi connectivity index (χ3n) is 3.39. The Bertz CT molecular complexity index is 686. The molecule has 3 rings (SSSR count). The molecule has 0 aliphatic carbocycles. The Morgan fingerprint density at radius 1 is 0.950 bits per heavy atom. The predicted octanol–water partition coefficient (Wildman–Crippen LogP) is 3.70. The summed E-state index contributed by atoms with van der Waals surface area (Å²) in [6, 6.07) is 20.8. The minimum Gasteiger partial charge on any atom is -0.379 e. The van der Waals surface area contributed by atoms with E-state index in [4.69, 9.17) is 0 Å². The molecule has 0 amide bonds. The lowest BCUT2D eigenvalue weighted by atomic mass is 10.0. The zero-order chi connectivity index (χ0) is 13.8. The highest BCUT2D eigenvalue weighted by Crippen LogP contribution is 2.27. The number of para-hydroxylation sites is 1. The monoisotopic (exact) mass is 263 g/mol. The van der Waals surface area contributed by atoms with Gasteiger partial charge in [-0.3, -0.25) is 4.68 Å². The van der Waals surface area contributed by atoms with Crippen LogP contribution in [0.3, 0.4) is 0 Å². The molecular weight excluding hydrogens is 246 g/mol.